The number of benzene rings is 1. The second kappa shape index (κ2) is 9.24. The molecule has 3 aromatic rings. The SMILES string of the molecule is CCC(=O)N(C)c1ccc(-c2ccc(C(=O)CCc3ccc(C)nc3)cc2)nc1. The number of nitrogens with zero attached hydrogens (tertiary/aromatic N) is 3. The molecule has 0 fully saturated rings. The monoisotopic (exact) mass is 387 g/mol. The number of carbonyl (C=O) groups is 2. The van der Waals surface area contributed by atoms with Crippen LogP contribution in [0.1, 0.15) is 41.4 Å². The van der Waals surface area contributed by atoms with Gasteiger partial charge in [0, 0.05) is 42.9 Å². The molecule has 0 saturated heterocycles. The van der Waals surface area contributed by atoms with E-state index in [9.17, 15) is 9.59 Å². The van der Waals surface area contributed by atoms with Crippen molar-refractivity contribution in [3.63, 3.8) is 0 Å². The fraction of sp³-hybridized carbons (Fsp3) is 0.250. The summed E-state index contributed by atoms with van der Waals surface area (Å²) in [6, 6.07) is 15.2. The van der Waals surface area contributed by atoms with Gasteiger partial charge in [0.25, 0.3) is 0 Å². The van der Waals surface area contributed by atoms with Crippen LogP contribution in [0.5, 0.6) is 0 Å². The van der Waals surface area contributed by atoms with Crippen molar-refractivity contribution in [1.82, 2.24) is 9.97 Å². The van der Waals surface area contributed by atoms with Crippen LogP contribution < -0.4 is 4.90 Å². The van der Waals surface area contributed by atoms with Crippen LogP contribution in [0.2, 0.25) is 0 Å². The third-order valence-corrected chi connectivity index (χ3v) is 4.93. The number of aryl methyl sites for hydroxylation is 2. The number of pyridine rings is 2. The number of Topliss-reactive ketones (excluding diaryl/α,β-unsaturated/α-hetero) is 1. The van der Waals surface area contributed by atoms with Gasteiger partial charge in [-0.3, -0.25) is 19.6 Å². The maximum atomic E-state index is 12.5. The minimum atomic E-state index is 0.0452. The van der Waals surface area contributed by atoms with Crippen molar-refractivity contribution in [1.29, 1.82) is 0 Å². The summed E-state index contributed by atoms with van der Waals surface area (Å²) in [6.45, 7) is 3.78. The van der Waals surface area contributed by atoms with Crippen LogP contribution in [0.15, 0.2) is 60.9 Å². The van der Waals surface area contributed by atoms with Crippen LogP contribution in [0.3, 0.4) is 0 Å². The molecular formula is C24H25N3O2. The predicted molar refractivity (Wildman–Crippen MR) is 115 cm³/mol. The van der Waals surface area contributed by atoms with Crippen molar-refractivity contribution in [3.05, 3.63) is 77.7 Å². The molecule has 0 saturated carbocycles. The lowest BCUT2D eigenvalue weighted by Gasteiger charge is -2.16. The number of hydrogen-bond acceptors (Lipinski definition) is 4. The molecule has 0 aliphatic heterocycles. The molecule has 2 heterocycles. The Balaban J connectivity index is 1.64. The summed E-state index contributed by atoms with van der Waals surface area (Å²) in [5.74, 6) is 0.156. The number of anilines is 1. The van der Waals surface area contributed by atoms with Crippen molar-refractivity contribution in [3.8, 4) is 11.3 Å². The molecule has 5 heteroatoms. The molecule has 1 amide bonds. The molecule has 1 aromatic carbocycles. The highest BCUT2D eigenvalue weighted by atomic mass is 16.2. The van der Waals surface area contributed by atoms with Gasteiger partial charge in [0.1, 0.15) is 0 Å². The van der Waals surface area contributed by atoms with Crippen molar-refractivity contribution in [2.45, 2.75) is 33.1 Å². The van der Waals surface area contributed by atoms with Crippen molar-refractivity contribution in [2.24, 2.45) is 0 Å². The number of rotatable bonds is 7. The molecular weight excluding hydrogens is 362 g/mol. The zero-order valence-corrected chi connectivity index (χ0v) is 17.1. The average Bonchev–Trinajstić information content (AvgIpc) is 2.77. The van der Waals surface area contributed by atoms with Crippen LogP contribution >= 0.6 is 0 Å². The van der Waals surface area contributed by atoms with Gasteiger partial charge in [0.05, 0.1) is 17.6 Å². The molecule has 0 unspecified atom stereocenters. The van der Waals surface area contributed by atoms with Gasteiger partial charge >= 0.3 is 0 Å². The lowest BCUT2D eigenvalue weighted by molar-refractivity contribution is -0.118. The van der Waals surface area contributed by atoms with Gasteiger partial charge in [-0.15, -0.1) is 0 Å². The Morgan fingerprint density at radius 1 is 0.931 bits per heavy atom. The smallest absolute Gasteiger partial charge is 0.226 e. The molecule has 0 aliphatic rings. The highest BCUT2D eigenvalue weighted by molar-refractivity contribution is 5.96. The first-order chi connectivity index (χ1) is 14.0. The molecule has 0 bridgehead atoms. The Labute approximate surface area is 171 Å². The maximum absolute atomic E-state index is 12.5. The van der Waals surface area contributed by atoms with E-state index in [0.29, 0.717) is 24.8 Å². The van der Waals surface area contributed by atoms with E-state index in [1.807, 2.05) is 68.6 Å². The zero-order valence-electron chi connectivity index (χ0n) is 17.1. The van der Waals surface area contributed by atoms with E-state index in [-0.39, 0.29) is 11.7 Å². The first kappa shape index (κ1) is 20.4. The maximum Gasteiger partial charge on any atom is 0.226 e. The molecule has 0 atom stereocenters. The predicted octanol–water partition coefficient (Wildman–Crippen LogP) is 4.64. The van der Waals surface area contributed by atoms with Crippen LogP contribution in [0.25, 0.3) is 11.3 Å². The largest absolute Gasteiger partial charge is 0.314 e. The van der Waals surface area contributed by atoms with Gasteiger partial charge in [0.15, 0.2) is 5.78 Å². The lowest BCUT2D eigenvalue weighted by atomic mass is 10.0. The summed E-state index contributed by atoms with van der Waals surface area (Å²) < 4.78 is 0. The van der Waals surface area contributed by atoms with Crippen molar-refractivity contribution >= 4 is 17.4 Å². The summed E-state index contributed by atoms with van der Waals surface area (Å²) in [4.78, 5) is 34.6. The fourth-order valence-electron chi connectivity index (χ4n) is 3.01. The standard InChI is InChI=1S/C24H25N3O2/c1-4-24(29)27(3)21-12-13-22(26-16-21)19-8-10-20(11-9-19)23(28)14-7-18-6-5-17(2)25-15-18/h5-6,8-13,15-16H,4,7,14H2,1-3H3. The van der Waals surface area contributed by atoms with Crippen LogP contribution in [-0.4, -0.2) is 28.7 Å². The van der Waals surface area contributed by atoms with Gasteiger partial charge in [0.2, 0.25) is 5.91 Å². The highest BCUT2D eigenvalue weighted by Gasteiger charge is 2.10. The van der Waals surface area contributed by atoms with E-state index < -0.39 is 0 Å². The molecule has 5 nitrogen and oxygen atoms in total. The number of hydrogen-bond donors (Lipinski definition) is 0. The summed E-state index contributed by atoms with van der Waals surface area (Å²) in [5.41, 5.74) is 5.23. The zero-order chi connectivity index (χ0) is 20.8. The van der Waals surface area contributed by atoms with E-state index in [0.717, 1.165) is 28.2 Å². The number of carbonyl (C=O) groups excluding carboxylic acids is 2. The van der Waals surface area contributed by atoms with Crippen LogP contribution in [-0.2, 0) is 11.2 Å². The molecule has 2 aromatic heterocycles. The normalized spacial score (nSPS) is 10.6. The minimum absolute atomic E-state index is 0.0452. The van der Waals surface area contributed by atoms with Gasteiger partial charge < -0.3 is 4.90 Å². The average molecular weight is 387 g/mol. The summed E-state index contributed by atoms with van der Waals surface area (Å²) in [7, 11) is 1.75. The number of amides is 1. The van der Waals surface area contributed by atoms with E-state index in [1.165, 1.54) is 0 Å². The van der Waals surface area contributed by atoms with Gasteiger partial charge in [-0.05, 0) is 37.1 Å². The van der Waals surface area contributed by atoms with Crippen LogP contribution in [0, 0.1) is 6.92 Å². The molecule has 0 aliphatic carbocycles. The fourth-order valence-corrected chi connectivity index (χ4v) is 3.01. The Kier molecular flexibility index (Phi) is 6.50. The Bertz CT molecular complexity index is 978. The lowest BCUT2D eigenvalue weighted by Crippen LogP contribution is -2.25. The minimum Gasteiger partial charge on any atom is -0.314 e. The van der Waals surface area contributed by atoms with E-state index in [2.05, 4.69) is 9.97 Å². The number of ketones is 1. The third kappa shape index (κ3) is 5.13. The molecule has 3 rings (SSSR count). The Morgan fingerprint density at radius 2 is 1.69 bits per heavy atom. The quantitative estimate of drug-likeness (QED) is 0.554. The molecule has 148 valence electrons. The van der Waals surface area contributed by atoms with Crippen molar-refractivity contribution < 1.29 is 9.59 Å². The van der Waals surface area contributed by atoms with E-state index >= 15 is 0 Å². The molecule has 0 spiro atoms. The second-order valence-electron chi connectivity index (χ2n) is 7.02. The summed E-state index contributed by atoms with van der Waals surface area (Å²) in [5, 5.41) is 0. The van der Waals surface area contributed by atoms with Gasteiger partial charge in [-0.25, -0.2) is 0 Å². The Morgan fingerprint density at radius 3 is 2.28 bits per heavy atom. The van der Waals surface area contributed by atoms with Gasteiger partial charge in [-0.1, -0.05) is 37.3 Å². The van der Waals surface area contributed by atoms with Gasteiger partial charge in [-0.2, -0.15) is 0 Å². The molecule has 0 N–H and O–H groups in total. The van der Waals surface area contributed by atoms with Crippen LogP contribution in [0.4, 0.5) is 5.69 Å². The summed E-state index contributed by atoms with van der Waals surface area (Å²) in [6.07, 6.45) is 5.11. The second-order valence-corrected chi connectivity index (χ2v) is 7.02. The Hall–Kier alpha value is -3.34. The number of aromatic nitrogens is 2. The van der Waals surface area contributed by atoms with E-state index in [1.54, 1.807) is 18.1 Å². The summed E-state index contributed by atoms with van der Waals surface area (Å²) >= 11 is 0. The van der Waals surface area contributed by atoms with E-state index in [4.69, 9.17) is 0 Å². The molecule has 29 heavy (non-hydrogen) atoms. The first-order valence-electron chi connectivity index (χ1n) is 9.75. The van der Waals surface area contributed by atoms with Crippen molar-refractivity contribution in [2.75, 3.05) is 11.9 Å². The molecule has 0 radical (unpaired) electrons. The topological polar surface area (TPSA) is 63.2 Å². The first-order valence-corrected chi connectivity index (χ1v) is 9.75. The highest BCUT2D eigenvalue weighted by Crippen LogP contribution is 2.21. The third-order valence-electron chi connectivity index (χ3n) is 4.93.